The highest BCUT2D eigenvalue weighted by molar-refractivity contribution is 9.10. The van der Waals surface area contributed by atoms with Crippen molar-refractivity contribution < 1.29 is 14.3 Å². The molecule has 1 aromatic rings. The van der Waals surface area contributed by atoms with Gasteiger partial charge < -0.3 is 9.47 Å². The molecule has 0 radical (unpaired) electrons. The van der Waals surface area contributed by atoms with Crippen molar-refractivity contribution in [3.05, 3.63) is 27.7 Å². The summed E-state index contributed by atoms with van der Waals surface area (Å²) in [7, 11) is 2.98. The fraction of sp³-hybridized carbons (Fsp3) is 0.562. The number of rotatable bonds is 5. The maximum absolute atomic E-state index is 12.2. The van der Waals surface area contributed by atoms with Crippen LogP contribution in [0.1, 0.15) is 41.6 Å². The Labute approximate surface area is 143 Å². The zero-order valence-electron chi connectivity index (χ0n) is 12.8. The Kier molecular flexibility index (Phi) is 5.00. The minimum atomic E-state index is -0.349. The third-order valence-electron chi connectivity index (χ3n) is 4.54. The maximum atomic E-state index is 12.2. The van der Waals surface area contributed by atoms with E-state index in [0.29, 0.717) is 23.4 Å². The first kappa shape index (κ1) is 16.1. The van der Waals surface area contributed by atoms with E-state index >= 15 is 0 Å². The number of carbonyl (C=O) groups is 1. The molecule has 2 heterocycles. The van der Waals surface area contributed by atoms with Gasteiger partial charge in [-0.25, -0.2) is 9.10 Å². The number of halogens is 1. The molecule has 2 saturated heterocycles. The molecular formula is C16H20BrNO3S. The summed E-state index contributed by atoms with van der Waals surface area (Å²) in [4.78, 5) is 12.2. The standard InChI is InChI=1S/C16H20BrNO3S/c1-20-15-13(17)8-3-10(14(15)16(19)21-2)9-22-18-11-4-5-12(18)7-6-11/h3,8,11-12H,4-7,9H2,1-2H3. The van der Waals surface area contributed by atoms with Gasteiger partial charge in [-0.05, 0) is 53.2 Å². The van der Waals surface area contributed by atoms with E-state index in [1.54, 1.807) is 7.11 Å². The molecule has 0 saturated carbocycles. The van der Waals surface area contributed by atoms with Crippen LogP contribution in [0.2, 0.25) is 0 Å². The van der Waals surface area contributed by atoms with Crippen LogP contribution in [-0.4, -0.2) is 36.6 Å². The fourth-order valence-electron chi connectivity index (χ4n) is 3.46. The number of carbonyl (C=O) groups excluding carboxylic acids is 1. The first-order chi connectivity index (χ1) is 10.7. The van der Waals surface area contributed by atoms with E-state index in [4.69, 9.17) is 9.47 Å². The molecular weight excluding hydrogens is 366 g/mol. The molecule has 0 N–H and O–H groups in total. The minimum absolute atomic E-state index is 0.349. The molecule has 0 atom stereocenters. The molecule has 22 heavy (non-hydrogen) atoms. The molecule has 2 aliphatic rings. The molecule has 0 unspecified atom stereocenters. The summed E-state index contributed by atoms with van der Waals surface area (Å²) < 4.78 is 13.6. The van der Waals surface area contributed by atoms with Gasteiger partial charge in [-0.2, -0.15) is 0 Å². The van der Waals surface area contributed by atoms with E-state index in [0.717, 1.165) is 15.8 Å². The van der Waals surface area contributed by atoms with Crippen LogP contribution >= 0.6 is 27.9 Å². The average Bonchev–Trinajstić information content (AvgIpc) is 3.12. The van der Waals surface area contributed by atoms with E-state index in [2.05, 4.69) is 20.2 Å². The monoisotopic (exact) mass is 385 g/mol. The Morgan fingerprint density at radius 2 is 1.91 bits per heavy atom. The van der Waals surface area contributed by atoms with E-state index in [9.17, 15) is 4.79 Å². The van der Waals surface area contributed by atoms with E-state index < -0.39 is 0 Å². The molecule has 1 aromatic carbocycles. The number of hydrogen-bond acceptors (Lipinski definition) is 5. The summed E-state index contributed by atoms with van der Waals surface area (Å²) in [6.07, 6.45) is 5.24. The zero-order valence-corrected chi connectivity index (χ0v) is 15.2. The summed E-state index contributed by atoms with van der Waals surface area (Å²) in [6, 6.07) is 5.34. The van der Waals surface area contributed by atoms with Gasteiger partial charge in [0.2, 0.25) is 0 Å². The minimum Gasteiger partial charge on any atom is -0.495 e. The third kappa shape index (κ3) is 2.88. The highest BCUT2D eigenvalue weighted by Gasteiger charge is 2.39. The predicted molar refractivity (Wildman–Crippen MR) is 91.2 cm³/mol. The number of hydrogen-bond donors (Lipinski definition) is 0. The number of ether oxygens (including phenoxy) is 2. The summed E-state index contributed by atoms with van der Waals surface area (Å²) in [5.41, 5.74) is 1.49. The van der Waals surface area contributed by atoms with Crippen LogP contribution in [0, 0.1) is 0 Å². The highest BCUT2D eigenvalue weighted by Crippen LogP contribution is 2.43. The molecule has 2 aliphatic heterocycles. The van der Waals surface area contributed by atoms with Crippen molar-refractivity contribution in [2.24, 2.45) is 0 Å². The summed E-state index contributed by atoms with van der Waals surface area (Å²) in [6.45, 7) is 0. The Bertz CT molecular complexity index is 561. The molecule has 0 spiro atoms. The van der Waals surface area contributed by atoms with Crippen molar-refractivity contribution in [2.45, 2.75) is 43.5 Å². The third-order valence-corrected chi connectivity index (χ3v) is 6.50. The Hall–Kier alpha value is -0.720. The van der Waals surface area contributed by atoms with Crippen LogP contribution in [0.15, 0.2) is 16.6 Å². The summed E-state index contributed by atoms with van der Waals surface area (Å²) >= 11 is 5.27. The predicted octanol–water partition coefficient (Wildman–Crippen LogP) is 4.02. The Morgan fingerprint density at radius 3 is 2.45 bits per heavy atom. The Balaban J connectivity index is 1.82. The molecule has 4 nitrogen and oxygen atoms in total. The largest absolute Gasteiger partial charge is 0.495 e. The molecule has 2 bridgehead atoms. The van der Waals surface area contributed by atoms with Crippen LogP contribution < -0.4 is 4.74 Å². The van der Waals surface area contributed by atoms with E-state index in [-0.39, 0.29) is 5.97 Å². The number of methoxy groups -OCH3 is 2. The Morgan fingerprint density at radius 1 is 1.27 bits per heavy atom. The van der Waals surface area contributed by atoms with E-state index in [1.165, 1.54) is 32.8 Å². The SMILES string of the molecule is COC(=O)c1c(CSN2C3CCC2CC3)ccc(Br)c1OC. The van der Waals surface area contributed by atoms with Crippen molar-refractivity contribution in [1.29, 1.82) is 0 Å². The van der Waals surface area contributed by atoms with Crippen LogP contribution in [0.4, 0.5) is 0 Å². The van der Waals surface area contributed by atoms with Crippen LogP contribution in [-0.2, 0) is 10.5 Å². The van der Waals surface area contributed by atoms with Crippen molar-refractivity contribution in [3.63, 3.8) is 0 Å². The lowest BCUT2D eigenvalue weighted by Crippen LogP contribution is -2.21. The normalized spacial score (nSPS) is 23.8. The van der Waals surface area contributed by atoms with Crippen LogP contribution in [0.3, 0.4) is 0 Å². The number of fused-ring (bicyclic) bond motifs is 2. The lowest BCUT2D eigenvalue weighted by Gasteiger charge is -2.21. The van der Waals surface area contributed by atoms with Gasteiger partial charge in [-0.15, -0.1) is 0 Å². The first-order valence-corrected chi connectivity index (χ1v) is 9.24. The van der Waals surface area contributed by atoms with Crippen molar-refractivity contribution >= 4 is 33.8 Å². The van der Waals surface area contributed by atoms with Crippen LogP contribution in [0.5, 0.6) is 5.75 Å². The lowest BCUT2D eigenvalue weighted by molar-refractivity contribution is 0.0596. The second-order valence-electron chi connectivity index (χ2n) is 5.70. The van der Waals surface area contributed by atoms with Gasteiger partial charge in [0.1, 0.15) is 11.3 Å². The molecule has 120 valence electrons. The number of nitrogens with zero attached hydrogens (tertiary/aromatic N) is 1. The quantitative estimate of drug-likeness (QED) is 0.565. The molecule has 0 aliphatic carbocycles. The van der Waals surface area contributed by atoms with Crippen molar-refractivity contribution in [2.75, 3.05) is 14.2 Å². The summed E-state index contributed by atoms with van der Waals surface area (Å²) in [5, 5.41) is 0. The van der Waals surface area contributed by atoms with Gasteiger partial charge in [-0.1, -0.05) is 18.0 Å². The average molecular weight is 386 g/mol. The highest BCUT2D eigenvalue weighted by atomic mass is 79.9. The van der Waals surface area contributed by atoms with Gasteiger partial charge in [0.15, 0.2) is 0 Å². The topological polar surface area (TPSA) is 38.8 Å². The maximum Gasteiger partial charge on any atom is 0.342 e. The van der Waals surface area contributed by atoms with Gasteiger partial charge in [0.25, 0.3) is 0 Å². The van der Waals surface area contributed by atoms with E-state index in [1.807, 2.05) is 24.1 Å². The second kappa shape index (κ2) is 6.81. The van der Waals surface area contributed by atoms with Gasteiger partial charge in [0.05, 0.1) is 18.7 Å². The first-order valence-electron chi connectivity index (χ1n) is 7.50. The van der Waals surface area contributed by atoms with Crippen molar-refractivity contribution in [1.82, 2.24) is 4.31 Å². The number of benzene rings is 1. The van der Waals surface area contributed by atoms with Gasteiger partial charge >= 0.3 is 5.97 Å². The number of esters is 1. The zero-order chi connectivity index (χ0) is 15.7. The molecule has 6 heteroatoms. The van der Waals surface area contributed by atoms with Gasteiger partial charge in [-0.3, -0.25) is 0 Å². The van der Waals surface area contributed by atoms with Gasteiger partial charge in [0, 0.05) is 17.8 Å². The van der Waals surface area contributed by atoms with Crippen molar-refractivity contribution in [3.8, 4) is 5.75 Å². The van der Waals surface area contributed by atoms with Crippen LogP contribution in [0.25, 0.3) is 0 Å². The smallest absolute Gasteiger partial charge is 0.342 e. The molecule has 0 aromatic heterocycles. The molecule has 3 rings (SSSR count). The lowest BCUT2D eigenvalue weighted by atomic mass is 10.0. The fourth-order valence-corrected chi connectivity index (χ4v) is 5.33. The second-order valence-corrected chi connectivity index (χ2v) is 7.52. The summed E-state index contributed by atoms with van der Waals surface area (Å²) in [5.74, 6) is 0.966. The molecule has 2 fully saturated rings. The molecule has 0 amide bonds.